The Morgan fingerprint density at radius 1 is 1.21 bits per heavy atom. The van der Waals surface area contributed by atoms with Gasteiger partial charge in [-0.1, -0.05) is 38.8 Å². The van der Waals surface area contributed by atoms with Crippen LogP contribution in [-0.4, -0.2) is 42.5 Å². The van der Waals surface area contributed by atoms with Crippen molar-refractivity contribution in [1.29, 1.82) is 0 Å². The minimum atomic E-state index is -4.64. The van der Waals surface area contributed by atoms with Crippen molar-refractivity contribution in [1.82, 2.24) is 24.8 Å². The first-order chi connectivity index (χ1) is 18.4. The average molecular weight is 544 g/mol. The zero-order valence-corrected chi connectivity index (χ0v) is 21.9. The maximum absolute atomic E-state index is 13.8. The molecule has 39 heavy (non-hydrogen) atoms. The molecule has 11 heteroatoms. The number of nitrogens with zero attached hydrogens (tertiary/aromatic N) is 4. The van der Waals surface area contributed by atoms with Crippen molar-refractivity contribution >= 4 is 11.9 Å². The Balaban J connectivity index is 1.62. The van der Waals surface area contributed by atoms with Gasteiger partial charge in [0.15, 0.2) is 0 Å². The molecule has 1 aromatic carbocycles. The van der Waals surface area contributed by atoms with Crippen molar-refractivity contribution < 1.29 is 27.9 Å². The van der Waals surface area contributed by atoms with Crippen LogP contribution in [0.1, 0.15) is 74.8 Å². The van der Waals surface area contributed by atoms with E-state index < -0.39 is 29.7 Å². The summed E-state index contributed by atoms with van der Waals surface area (Å²) in [5.41, 5.74) is -0.689. The number of hydrogen-bond acceptors (Lipinski definition) is 5. The predicted octanol–water partition coefficient (Wildman–Crippen LogP) is 5.92. The van der Waals surface area contributed by atoms with Gasteiger partial charge in [-0.05, 0) is 49.1 Å². The largest absolute Gasteiger partial charge is 0.481 e. The summed E-state index contributed by atoms with van der Waals surface area (Å²) in [5.74, 6) is -1.20. The van der Waals surface area contributed by atoms with Crippen LogP contribution in [0.25, 0.3) is 17.1 Å². The molecule has 2 N–H and O–H groups in total. The first kappa shape index (κ1) is 28.3. The summed E-state index contributed by atoms with van der Waals surface area (Å²) in [5, 5.41) is 12.2. The molecule has 2 atom stereocenters. The van der Waals surface area contributed by atoms with E-state index in [0.29, 0.717) is 17.9 Å². The second kappa shape index (κ2) is 11.5. The SMILES string of the molecule is CC1(C)CCCC(CC[C@@H](CC(=O)O)NC(=O)c2cn(-c3ccccc3C(F)(F)F)c(-c3cncnc3)n2)C1. The van der Waals surface area contributed by atoms with Gasteiger partial charge in [-0.3, -0.25) is 14.2 Å². The van der Waals surface area contributed by atoms with E-state index in [9.17, 15) is 27.9 Å². The van der Waals surface area contributed by atoms with Crippen LogP contribution in [0.2, 0.25) is 0 Å². The number of para-hydroxylation sites is 1. The second-order valence-electron chi connectivity index (χ2n) is 10.9. The fourth-order valence-corrected chi connectivity index (χ4v) is 5.45. The van der Waals surface area contributed by atoms with Gasteiger partial charge in [-0.15, -0.1) is 0 Å². The van der Waals surface area contributed by atoms with Gasteiger partial charge in [0.2, 0.25) is 0 Å². The number of aliphatic carboxylic acids is 1. The lowest BCUT2D eigenvalue weighted by atomic mass is 9.71. The molecule has 4 rings (SSSR count). The molecule has 1 aliphatic carbocycles. The van der Waals surface area contributed by atoms with E-state index in [1.165, 1.54) is 47.7 Å². The normalized spacial score (nSPS) is 17.9. The fourth-order valence-electron chi connectivity index (χ4n) is 5.45. The third-order valence-corrected chi connectivity index (χ3v) is 7.21. The Morgan fingerprint density at radius 3 is 2.59 bits per heavy atom. The Labute approximate surface area is 224 Å². The molecular formula is C28H32F3N5O3. The van der Waals surface area contributed by atoms with Crippen LogP contribution in [0.5, 0.6) is 0 Å². The highest BCUT2D eigenvalue weighted by Gasteiger charge is 2.35. The number of halogens is 3. The van der Waals surface area contributed by atoms with Gasteiger partial charge in [0.25, 0.3) is 5.91 Å². The lowest BCUT2D eigenvalue weighted by Crippen LogP contribution is -2.37. The van der Waals surface area contributed by atoms with Crippen LogP contribution in [0.3, 0.4) is 0 Å². The highest BCUT2D eigenvalue weighted by molar-refractivity contribution is 5.93. The quantitative estimate of drug-likeness (QED) is 0.347. The Kier molecular flexibility index (Phi) is 8.36. The van der Waals surface area contributed by atoms with Crippen molar-refractivity contribution in [3.8, 4) is 17.1 Å². The number of amides is 1. The number of rotatable bonds is 9. The molecular weight excluding hydrogens is 511 g/mol. The Morgan fingerprint density at radius 2 is 1.92 bits per heavy atom. The van der Waals surface area contributed by atoms with E-state index in [0.717, 1.165) is 38.2 Å². The number of nitrogens with one attached hydrogen (secondary N) is 1. The van der Waals surface area contributed by atoms with Gasteiger partial charge in [-0.25, -0.2) is 15.0 Å². The number of carboxylic acids is 1. The molecule has 3 aromatic rings. The molecule has 1 aliphatic rings. The number of hydrogen-bond donors (Lipinski definition) is 2. The summed E-state index contributed by atoms with van der Waals surface area (Å²) in [6.07, 6.45) is 6.04. The predicted molar refractivity (Wildman–Crippen MR) is 138 cm³/mol. The zero-order chi connectivity index (χ0) is 28.2. The van der Waals surface area contributed by atoms with Gasteiger partial charge in [0.05, 0.1) is 23.2 Å². The van der Waals surface area contributed by atoms with E-state index in [1.54, 1.807) is 0 Å². The highest BCUT2D eigenvalue weighted by Crippen LogP contribution is 2.40. The van der Waals surface area contributed by atoms with Crippen molar-refractivity contribution in [2.75, 3.05) is 0 Å². The van der Waals surface area contributed by atoms with Crippen molar-refractivity contribution in [2.45, 2.75) is 71.0 Å². The maximum Gasteiger partial charge on any atom is 0.418 e. The van der Waals surface area contributed by atoms with Gasteiger partial charge in [0.1, 0.15) is 17.8 Å². The number of carboxylic acid groups (broad SMARTS) is 1. The maximum atomic E-state index is 13.8. The summed E-state index contributed by atoms with van der Waals surface area (Å²) >= 11 is 0. The number of aromatic nitrogens is 4. The summed E-state index contributed by atoms with van der Waals surface area (Å²) in [6.45, 7) is 4.47. The molecule has 0 radical (unpaired) electrons. The molecule has 0 bridgehead atoms. The first-order valence-corrected chi connectivity index (χ1v) is 13.0. The third-order valence-electron chi connectivity index (χ3n) is 7.21. The minimum absolute atomic E-state index is 0.0525. The summed E-state index contributed by atoms with van der Waals surface area (Å²) in [7, 11) is 0. The number of alkyl halides is 3. The molecule has 1 amide bonds. The number of benzene rings is 1. The molecule has 1 fully saturated rings. The van der Waals surface area contributed by atoms with Gasteiger partial charge in [-0.2, -0.15) is 13.2 Å². The Bertz CT molecular complexity index is 1310. The van der Waals surface area contributed by atoms with Crippen LogP contribution < -0.4 is 5.32 Å². The number of imidazole rings is 1. The second-order valence-corrected chi connectivity index (χ2v) is 10.9. The van der Waals surface area contributed by atoms with E-state index in [1.807, 2.05) is 0 Å². The lowest BCUT2D eigenvalue weighted by molar-refractivity contribution is -0.138. The van der Waals surface area contributed by atoms with E-state index >= 15 is 0 Å². The topological polar surface area (TPSA) is 110 Å². The van der Waals surface area contributed by atoms with Gasteiger partial charge >= 0.3 is 12.1 Å². The van der Waals surface area contributed by atoms with Crippen LogP contribution in [0.4, 0.5) is 13.2 Å². The van der Waals surface area contributed by atoms with Crippen LogP contribution in [-0.2, 0) is 11.0 Å². The first-order valence-electron chi connectivity index (χ1n) is 13.0. The zero-order valence-electron chi connectivity index (χ0n) is 21.9. The van der Waals surface area contributed by atoms with Crippen LogP contribution in [0, 0.1) is 11.3 Å². The molecule has 0 spiro atoms. The minimum Gasteiger partial charge on any atom is -0.481 e. The molecule has 8 nitrogen and oxygen atoms in total. The molecule has 1 unspecified atom stereocenters. The van der Waals surface area contributed by atoms with Crippen LogP contribution in [0.15, 0.2) is 49.2 Å². The molecule has 1 saturated carbocycles. The van der Waals surface area contributed by atoms with E-state index in [4.69, 9.17) is 0 Å². The Hall–Kier alpha value is -3.76. The molecule has 2 heterocycles. The summed E-state index contributed by atoms with van der Waals surface area (Å²) in [4.78, 5) is 37.0. The molecule has 0 aliphatic heterocycles. The number of carbonyl (C=O) groups excluding carboxylic acids is 1. The standard InChI is InChI=1S/C28H32F3N5O3/c1-27(2)11-5-6-18(13-27)9-10-20(12-24(37)38)34-26(39)22-16-36(25(35-22)19-14-32-17-33-15-19)23-8-4-3-7-21(23)28(29,30)31/h3-4,7-8,14-18,20H,5-6,9-13H2,1-2H3,(H,34,39)(H,37,38)/t18?,20-/m0/s1. The van der Waals surface area contributed by atoms with Gasteiger partial charge in [0, 0.05) is 24.6 Å². The summed E-state index contributed by atoms with van der Waals surface area (Å²) < 4.78 is 42.6. The van der Waals surface area contributed by atoms with Gasteiger partial charge < -0.3 is 10.4 Å². The van der Waals surface area contributed by atoms with Crippen molar-refractivity contribution in [2.24, 2.45) is 11.3 Å². The highest BCUT2D eigenvalue weighted by atomic mass is 19.4. The van der Waals surface area contributed by atoms with Crippen molar-refractivity contribution in [3.05, 3.63) is 60.4 Å². The molecule has 0 saturated heterocycles. The summed E-state index contributed by atoms with van der Waals surface area (Å²) in [6, 6.07) is 4.35. The average Bonchev–Trinajstić information content (AvgIpc) is 3.32. The van der Waals surface area contributed by atoms with Crippen molar-refractivity contribution in [3.63, 3.8) is 0 Å². The molecule has 208 valence electrons. The smallest absolute Gasteiger partial charge is 0.418 e. The number of carbonyl (C=O) groups is 2. The monoisotopic (exact) mass is 543 g/mol. The third kappa shape index (κ3) is 7.21. The van der Waals surface area contributed by atoms with E-state index in [-0.39, 0.29) is 29.0 Å². The fraction of sp³-hybridized carbons (Fsp3) is 0.464. The van der Waals surface area contributed by atoms with E-state index in [2.05, 4.69) is 34.1 Å². The lowest BCUT2D eigenvalue weighted by Gasteiger charge is -2.35. The van der Waals surface area contributed by atoms with Crippen LogP contribution >= 0.6 is 0 Å². The molecule has 2 aromatic heterocycles.